The SMILES string of the molecule is Nc1cc(F)cc(F)c1NC(=O)c1ncccc1Br. The average Bonchev–Trinajstić information content (AvgIpc) is 2.34. The smallest absolute Gasteiger partial charge is 0.275 e. The lowest BCUT2D eigenvalue weighted by Gasteiger charge is -2.09. The molecule has 0 radical (unpaired) electrons. The summed E-state index contributed by atoms with van der Waals surface area (Å²) in [5.74, 6) is -2.41. The highest BCUT2D eigenvalue weighted by Crippen LogP contribution is 2.25. The zero-order valence-corrected chi connectivity index (χ0v) is 11.0. The monoisotopic (exact) mass is 327 g/mol. The van der Waals surface area contributed by atoms with E-state index in [4.69, 9.17) is 5.73 Å². The second-order valence-corrected chi connectivity index (χ2v) is 4.49. The summed E-state index contributed by atoms with van der Waals surface area (Å²) in [6, 6.07) is 4.81. The second-order valence-electron chi connectivity index (χ2n) is 3.64. The normalized spacial score (nSPS) is 10.3. The van der Waals surface area contributed by atoms with E-state index in [1.54, 1.807) is 12.1 Å². The van der Waals surface area contributed by atoms with Crippen LogP contribution in [-0.4, -0.2) is 10.9 Å². The molecule has 98 valence electrons. The number of nitrogens with one attached hydrogen (secondary N) is 1. The molecule has 0 fully saturated rings. The molecule has 1 heterocycles. The standard InChI is InChI=1S/C12H8BrF2N3O/c13-7-2-1-3-17-10(7)12(19)18-11-8(15)4-6(14)5-9(11)16/h1-5H,16H2,(H,18,19). The van der Waals surface area contributed by atoms with Gasteiger partial charge < -0.3 is 11.1 Å². The van der Waals surface area contributed by atoms with Gasteiger partial charge in [-0.3, -0.25) is 4.79 Å². The van der Waals surface area contributed by atoms with E-state index in [1.165, 1.54) is 6.20 Å². The number of aromatic nitrogens is 1. The molecule has 1 aromatic carbocycles. The van der Waals surface area contributed by atoms with Gasteiger partial charge in [-0.15, -0.1) is 0 Å². The van der Waals surface area contributed by atoms with Gasteiger partial charge in [0.15, 0.2) is 5.82 Å². The first kappa shape index (κ1) is 13.4. The lowest BCUT2D eigenvalue weighted by Crippen LogP contribution is -2.16. The number of carbonyl (C=O) groups excluding carboxylic acids is 1. The van der Waals surface area contributed by atoms with Gasteiger partial charge in [0, 0.05) is 16.7 Å². The molecule has 1 amide bonds. The lowest BCUT2D eigenvalue weighted by molar-refractivity contribution is 0.102. The number of hydrogen-bond donors (Lipinski definition) is 2. The third-order valence-electron chi connectivity index (χ3n) is 2.30. The van der Waals surface area contributed by atoms with E-state index in [0.717, 1.165) is 6.07 Å². The first-order chi connectivity index (χ1) is 8.99. The Labute approximate surface area is 115 Å². The fourth-order valence-electron chi connectivity index (χ4n) is 1.45. The van der Waals surface area contributed by atoms with Crippen molar-refractivity contribution in [2.45, 2.75) is 0 Å². The predicted molar refractivity (Wildman–Crippen MR) is 70.7 cm³/mol. The summed E-state index contributed by atoms with van der Waals surface area (Å²) >= 11 is 3.15. The number of anilines is 2. The van der Waals surface area contributed by atoms with Gasteiger partial charge in [0.2, 0.25) is 0 Å². The Morgan fingerprint density at radius 1 is 1.37 bits per heavy atom. The maximum atomic E-state index is 13.5. The Morgan fingerprint density at radius 2 is 2.11 bits per heavy atom. The minimum Gasteiger partial charge on any atom is -0.397 e. The van der Waals surface area contributed by atoms with Crippen molar-refractivity contribution in [2.24, 2.45) is 0 Å². The number of rotatable bonds is 2. The Bertz CT molecular complexity index is 626. The minimum atomic E-state index is -0.946. The number of nitrogens with zero attached hydrogens (tertiary/aromatic N) is 1. The molecule has 0 aliphatic carbocycles. The zero-order chi connectivity index (χ0) is 14.0. The van der Waals surface area contributed by atoms with Crippen molar-refractivity contribution in [1.29, 1.82) is 0 Å². The van der Waals surface area contributed by atoms with Gasteiger partial charge in [0.05, 0.1) is 5.69 Å². The summed E-state index contributed by atoms with van der Waals surface area (Å²) < 4.78 is 26.9. The summed E-state index contributed by atoms with van der Waals surface area (Å²) in [4.78, 5) is 15.8. The maximum Gasteiger partial charge on any atom is 0.275 e. The molecule has 0 unspecified atom stereocenters. The number of benzene rings is 1. The highest BCUT2D eigenvalue weighted by Gasteiger charge is 2.16. The first-order valence-corrected chi connectivity index (χ1v) is 5.94. The van der Waals surface area contributed by atoms with Crippen LogP contribution in [0.5, 0.6) is 0 Å². The van der Waals surface area contributed by atoms with Crippen molar-refractivity contribution >= 4 is 33.2 Å². The molecule has 0 spiro atoms. The molecule has 2 aromatic rings. The first-order valence-electron chi connectivity index (χ1n) is 5.15. The lowest BCUT2D eigenvalue weighted by atomic mass is 10.2. The van der Waals surface area contributed by atoms with Crippen LogP contribution in [0, 0.1) is 11.6 Å². The number of carbonyl (C=O) groups is 1. The number of halogens is 3. The highest BCUT2D eigenvalue weighted by atomic mass is 79.9. The van der Waals surface area contributed by atoms with Gasteiger partial charge in [0.25, 0.3) is 5.91 Å². The van der Waals surface area contributed by atoms with E-state index in [1.807, 2.05) is 0 Å². The fourth-order valence-corrected chi connectivity index (χ4v) is 1.89. The van der Waals surface area contributed by atoms with Crippen LogP contribution in [0.4, 0.5) is 20.2 Å². The number of hydrogen-bond acceptors (Lipinski definition) is 3. The molecule has 19 heavy (non-hydrogen) atoms. The van der Waals surface area contributed by atoms with E-state index in [2.05, 4.69) is 26.2 Å². The molecule has 0 saturated heterocycles. The summed E-state index contributed by atoms with van der Waals surface area (Å²) in [5, 5.41) is 2.26. The van der Waals surface area contributed by atoms with Crippen LogP contribution < -0.4 is 11.1 Å². The molecule has 0 bridgehead atoms. The molecule has 0 aliphatic heterocycles. The number of pyridine rings is 1. The third-order valence-corrected chi connectivity index (χ3v) is 2.94. The second kappa shape index (κ2) is 5.31. The van der Waals surface area contributed by atoms with Crippen LogP contribution in [0.3, 0.4) is 0 Å². The summed E-state index contributed by atoms with van der Waals surface area (Å²) in [6.07, 6.45) is 1.42. The summed E-state index contributed by atoms with van der Waals surface area (Å²) in [6.45, 7) is 0. The maximum absolute atomic E-state index is 13.5. The largest absolute Gasteiger partial charge is 0.397 e. The van der Waals surface area contributed by atoms with Gasteiger partial charge in [0.1, 0.15) is 17.2 Å². The van der Waals surface area contributed by atoms with Crippen molar-refractivity contribution in [2.75, 3.05) is 11.1 Å². The molecule has 3 N–H and O–H groups in total. The average molecular weight is 328 g/mol. The van der Waals surface area contributed by atoms with Gasteiger partial charge in [-0.25, -0.2) is 13.8 Å². The minimum absolute atomic E-state index is 0.0747. The Hall–Kier alpha value is -2.02. The molecule has 0 aliphatic rings. The molecule has 0 saturated carbocycles. The van der Waals surface area contributed by atoms with E-state index >= 15 is 0 Å². The molecular weight excluding hydrogens is 320 g/mol. The molecular formula is C12H8BrF2N3O. The molecule has 2 rings (SSSR count). The zero-order valence-electron chi connectivity index (χ0n) is 9.45. The third kappa shape index (κ3) is 2.87. The number of nitrogen functional groups attached to an aromatic ring is 1. The van der Waals surface area contributed by atoms with Crippen molar-refractivity contribution in [3.63, 3.8) is 0 Å². The van der Waals surface area contributed by atoms with Crippen LogP contribution in [-0.2, 0) is 0 Å². The molecule has 1 aromatic heterocycles. The fraction of sp³-hybridized carbons (Fsp3) is 0. The van der Waals surface area contributed by atoms with Crippen LogP contribution in [0.15, 0.2) is 34.9 Å². The van der Waals surface area contributed by atoms with E-state index in [-0.39, 0.29) is 17.1 Å². The van der Waals surface area contributed by atoms with Gasteiger partial charge in [-0.2, -0.15) is 0 Å². The Balaban J connectivity index is 2.32. The van der Waals surface area contributed by atoms with E-state index < -0.39 is 17.5 Å². The number of amides is 1. The molecule has 7 heteroatoms. The highest BCUT2D eigenvalue weighted by molar-refractivity contribution is 9.10. The van der Waals surface area contributed by atoms with Crippen molar-refractivity contribution < 1.29 is 13.6 Å². The number of nitrogens with two attached hydrogens (primary N) is 1. The van der Waals surface area contributed by atoms with Crippen LogP contribution in [0.1, 0.15) is 10.5 Å². The topological polar surface area (TPSA) is 68.0 Å². The van der Waals surface area contributed by atoms with E-state index in [9.17, 15) is 13.6 Å². The van der Waals surface area contributed by atoms with Crippen molar-refractivity contribution in [3.05, 3.63) is 52.3 Å². The Kier molecular flexibility index (Phi) is 3.75. The molecule has 4 nitrogen and oxygen atoms in total. The summed E-state index contributed by atoms with van der Waals surface area (Å²) in [7, 11) is 0. The van der Waals surface area contributed by atoms with Crippen molar-refractivity contribution in [3.8, 4) is 0 Å². The van der Waals surface area contributed by atoms with Gasteiger partial charge in [-0.05, 0) is 34.1 Å². The summed E-state index contributed by atoms with van der Waals surface area (Å²) in [5.41, 5.74) is 5.06. The van der Waals surface area contributed by atoms with Gasteiger partial charge >= 0.3 is 0 Å². The van der Waals surface area contributed by atoms with Gasteiger partial charge in [-0.1, -0.05) is 0 Å². The molecule has 0 atom stereocenters. The van der Waals surface area contributed by atoms with Crippen LogP contribution >= 0.6 is 15.9 Å². The quantitative estimate of drug-likeness (QED) is 0.833. The predicted octanol–water partition coefficient (Wildman–Crippen LogP) is 2.96. The Morgan fingerprint density at radius 3 is 2.74 bits per heavy atom. The van der Waals surface area contributed by atoms with Crippen molar-refractivity contribution in [1.82, 2.24) is 4.98 Å². The van der Waals surface area contributed by atoms with Crippen LogP contribution in [0.25, 0.3) is 0 Å². The van der Waals surface area contributed by atoms with Crippen LogP contribution in [0.2, 0.25) is 0 Å². The van der Waals surface area contributed by atoms with E-state index in [0.29, 0.717) is 10.5 Å².